The molecule has 136 valence electrons. The number of rotatable bonds is 6. The lowest BCUT2D eigenvalue weighted by atomic mass is 9.90. The SMILES string of the molecule is c1ccc(-c2cc(CC3(NCc4c[nH]c5ccccc45)COC3)no2)nc1. The third kappa shape index (κ3) is 3.13. The molecule has 4 heterocycles. The first kappa shape index (κ1) is 16.2. The third-order valence-electron chi connectivity index (χ3n) is 5.08. The van der Waals surface area contributed by atoms with Crippen LogP contribution in [-0.4, -0.2) is 33.9 Å². The van der Waals surface area contributed by atoms with Crippen LogP contribution < -0.4 is 5.32 Å². The maximum atomic E-state index is 5.52. The molecule has 0 saturated carbocycles. The molecule has 0 amide bonds. The predicted molar refractivity (Wildman–Crippen MR) is 102 cm³/mol. The van der Waals surface area contributed by atoms with Crippen LogP contribution in [0.5, 0.6) is 0 Å². The van der Waals surface area contributed by atoms with Crippen molar-refractivity contribution in [1.82, 2.24) is 20.4 Å². The lowest BCUT2D eigenvalue weighted by Gasteiger charge is -2.42. The minimum absolute atomic E-state index is 0.114. The van der Waals surface area contributed by atoms with Crippen LogP contribution in [0, 0.1) is 0 Å². The van der Waals surface area contributed by atoms with Gasteiger partial charge in [0.2, 0.25) is 0 Å². The fraction of sp³-hybridized carbons (Fsp3) is 0.238. The molecule has 2 N–H and O–H groups in total. The highest BCUT2D eigenvalue weighted by molar-refractivity contribution is 5.82. The van der Waals surface area contributed by atoms with Gasteiger partial charge in [0, 0.05) is 42.3 Å². The average molecular weight is 360 g/mol. The van der Waals surface area contributed by atoms with Crippen LogP contribution in [0.3, 0.4) is 0 Å². The number of benzene rings is 1. The van der Waals surface area contributed by atoms with E-state index in [2.05, 4.69) is 44.8 Å². The number of nitrogens with zero attached hydrogens (tertiary/aromatic N) is 2. The Balaban J connectivity index is 1.31. The Morgan fingerprint density at radius 2 is 2.00 bits per heavy atom. The van der Waals surface area contributed by atoms with E-state index in [0.717, 1.165) is 29.9 Å². The first-order chi connectivity index (χ1) is 13.3. The van der Waals surface area contributed by atoms with E-state index >= 15 is 0 Å². The lowest BCUT2D eigenvalue weighted by Crippen LogP contribution is -2.61. The molecule has 1 fully saturated rings. The minimum atomic E-state index is -0.114. The van der Waals surface area contributed by atoms with E-state index in [1.165, 1.54) is 10.9 Å². The van der Waals surface area contributed by atoms with E-state index < -0.39 is 0 Å². The molecule has 6 heteroatoms. The van der Waals surface area contributed by atoms with E-state index in [0.29, 0.717) is 19.0 Å². The van der Waals surface area contributed by atoms with Crippen molar-refractivity contribution in [1.29, 1.82) is 0 Å². The van der Waals surface area contributed by atoms with E-state index in [4.69, 9.17) is 9.26 Å². The fourth-order valence-electron chi connectivity index (χ4n) is 3.55. The van der Waals surface area contributed by atoms with Crippen LogP contribution in [0.25, 0.3) is 22.4 Å². The molecule has 27 heavy (non-hydrogen) atoms. The summed E-state index contributed by atoms with van der Waals surface area (Å²) >= 11 is 0. The lowest BCUT2D eigenvalue weighted by molar-refractivity contribution is -0.0755. The predicted octanol–water partition coefficient (Wildman–Crippen LogP) is 3.32. The molecular formula is C21H20N4O2. The zero-order valence-electron chi connectivity index (χ0n) is 14.8. The molecule has 0 unspecified atom stereocenters. The highest BCUT2D eigenvalue weighted by atomic mass is 16.5. The van der Waals surface area contributed by atoms with Crippen molar-refractivity contribution in [2.45, 2.75) is 18.5 Å². The third-order valence-corrected chi connectivity index (χ3v) is 5.08. The van der Waals surface area contributed by atoms with Crippen LogP contribution in [0.1, 0.15) is 11.3 Å². The quantitative estimate of drug-likeness (QED) is 0.552. The molecule has 1 aromatic carbocycles. The maximum absolute atomic E-state index is 5.52. The second-order valence-corrected chi connectivity index (χ2v) is 7.06. The number of aromatic amines is 1. The topological polar surface area (TPSA) is 76.0 Å². The zero-order valence-corrected chi connectivity index (χ0v) is 14.8. The smallest absolute Gasteiger partial charge is 0.185 e. The van der Waals surface area contributed by atoms with Gasteiger partial charge in [0.05, 0.1) is 24.4 Å². The monoisotopic (exact) mass is 360 g/mol. The van der Waals surface area contributed by atoms with Gasteiger partial charge in [-0.2, -0.15) is 0 Å². The van der Waals surface area contributed by atoms with Gasteiger partial charge in [-0.25, -0.2) is 0 Å². The van der Waals surface area contributed by atoms with Crippen LogP contribution in [0.2, 0.25) is 0 Å². The summed E-state index contributed by atoms with van der Waals surface area (Å²) in [6, 6.07) is 16.1. The van der Waals surface area contributed by atoms with Crippen molar-refractivity contribution in [2.75, 3.05) is 13.2 Å². The molecule has 1 aliphatic rings. The van der Waals surface area contributed by atoms with Gasteiger partial charge in [-0.1, -0.05) is 29.4 Å². The Bertz CT molecular complexity index is 1050. The molecular weight excluding hydrogens is 340 g/mol. The number of para-hydroxylation sites is 1. The number of H-pyrrole nitrogens is 1. The minimum Gasteiger partial charge on any atom is -0.377 e. The first-order valence-corrected chi connectivity index (χ1v) is 9.06. The Labute approximate surface area is 156 Å². The van der Waals surface area contributed by atoms with Gasteiger partial charge in [-0.05, 0) is 23.8 Å². The van der Waals surface area contributed by atoms with E-state index in [1.54, 1.807) is 6.20 Å². The molecule has 5 rings (SSSR count). The summed E-state index contributed by atoms with van der Waals surface area (Å²) in [7, 11) is 0. The van der Waals surface area contributed by atoms with Gasteiger partial charge in [0.25, 0.3) is 0 Å². The van der Waals surface area contributed by atoms with Crippen molar-refractivity contribution < 1.29 is 9.26 Å². The van der Waals surface area contributed by atoms with Gasteiger partial charge in [-0.3, -0.25) is 4.98 Å². The Morgan fingerprint density at radius 1 is 1.11 bits per heavy atom. The number of nitrogens with one attached hydrogen (secondary N) is 2. The summed E-state index contributed by atoms with van der Waals surface area (Å²) in [5.74, 6) is 0.692. The Kier molecular flexibility index (Phi) is 3.99. The molecule has 1 saturated heterocycles. The number of ether oxygens (including phenoxy) is 1. The fourth-order valence-corrected chi connectivity index (χ4v) is 3.55. The second-order valence-electron chi connectivity index (χ2n) is 7.06. The van der Waals surface area contributed by atoms with Gasteiger partial charge >= 0.3 is 0 Å². The van der Waals surface area contributed by atoms with Crippen LogP contribution in [0.15, 0.2) is 65.4 Å². The summed E-state index contributed by atoms with van der Waals surface area (Å²) in [6.07, 6.45) is 4.58. The van der Waals surface area contributed by atoms with E-state index in [1.807, 2.05) is 30.3 Å². The normalized spacial score (nSPS) is 15.7. The number of aromatic nitrogens is 3. The number of fused-ring (bicyclic) bond motifs is 1. The molecule has 4 aromatic rings. The van der Waals surface area contributed by atoms with Crippen molar-refractivity contribution >= 4 is 10.9 Å². The number of pyridine rings is 1. The van der Waals surface area contributed by atoms with Gasteiger partial charge in [-0.15, -0.1) is 0 Å². The Morgan fingerprint density at radius 3 is 2.81 bits per heavy atom. The molecule has 0 radical (unpaired) electrons. The maximum Gasteiger partial charge on any atom is 0.185 e. The van der Waals surface area contributed by atoms with Gasteiger partial charge < -0.3 is 19.6 Å². The van der Waals surface area contributed by atoms with E-state index in [9.17, 15) is 0 Å². The van der Waals surface area contributed by atoms with Crippen molar-refractivity contribution in [2.24, 2.45) is 0 Å². The van der Waals surface area contributed by atoms with Crippen LogP contribution >= 0.6 is 0 Å². The van der Waals surface area contributed by atoms with Crippen molar-refractivity contribution in [3.05, 3.63) is 72.2 Å². The highest BCUT2D eigenvalue weighted by Crippen LogP contribution is 2.26. The molecule has 0 spiro atoms. The molecule has 1 aliphatic heterocycles. The van der Waals surface area contributed by atoms with Crippen molar-refractivity contribution in [3.8, 4) is 11.5 Å². The Hall–Kier alpha value is -2.96. The second kappa shape index (κ2) is 6.64. The summed E-state index contributed by atoms with van der Waals surface area (Å²) < 4.78 is 11.0. The standard InChI is InChI=1S/C21H20N4O2/c1-2-6-18-17(5-1)15(11-23-18)12-24-21(13-26-14-21)10-16-9-20(27-25-16)19-7-3-4-8-22-19/h1-9,11,23-24H,10,12-14H2. The molecule has 3 aromatic heterocycles. The molecule has 0 aliphatic carbocycles. The molecule has 0 bridgehead atoms. The van der Waals surface area contributed by atoms with Gasteiger partial charge in [0.15, 0.2) is 5.76 Å². The summed E-state index contributed by atoms with van der Waals surface area (Å²) in [5.41, 5.74) is 4.00. The van der Waals surface area contributed by atoms with Gasteiger partial charge in [0.1, 0.15) is 5.69 Å². The summed E-state index contributed by atoms with van der Waals surface area (Å²) in [5, 5.41) is 9.17. The highest BCUT2D eigenvalue weighted by Gasteiger charge is 2.39. The average Bonchev–Trinajstić information content (AvgIpc) is 3.32. The van der Waals surface area contributed by atoms with Crippen LogP contribution in [-0.2, 0) is 17.7 Å². The zero-order chi connectivity index (χ0) is 18.1. The first-order valence-electron chi connectivity index (χ1n) is 9.06. The van der Waals surface area contributed by atoms with Crippen molar-refractivity contribution in [3.63, 3.8) is 0 Å². The molecule has 0 atom stereocenters. The van der Waals surface area contributed by atoms with E-state index in [-0.39, 0.29) is 5.54 Å². The van der Waals surface area contributed by atoms with Crippen LogP contribution in [0.4, 0.5) is 0 Å². The summed E-state index contributed by atoms with van der Waals surface area (Å²) in [4.78, 5) is 7.64. The molecule has 6 nitrogen and oxygen atoms in total. The largest absolute Gasteiger partial charge is 0.377 e. The number of hydrogen-bond acceptors (Lipinski definition) is 5. The number of hydrogen-bond donors (Lipinski definition) is 2. The summed E-state index contributed by atoms with van der Waals surface area (Å²) in [6.45, 7) is 2.11.